The van der Waals surface area contributed by atoms with E-state index in [0.717, 1.165) is 40.8 Å². The summed E-state index contributed by atoms with van der Waals surface area (Å²) in [7, 11) is -1.79. The van der Waals surface area contributed by atoms with Gasteiger partial charge in [-0.1, -0.05) is 12.1 Å². The van der Waals surface area contributed by atoms with Crippen LogP contribution in [0.4, 0.5) is 5.69 Å². The summed E-state index contributed by atoms with van der Waals surface area (Å²) >= 11 is 0. The Morgan fingerprint density at radius 1 is 1.17 bits per heavy atom. The number of nitrogens with one attached hydrogen (secondary N) is 1. The molecule has 0 amide bonds. The molecular formula is C23H25N3O3S. The van der Waals surface area contributed by atoms with E-state index in [1.807, 2.05) is 30.3 Å². The first kappa shape index (κ1) is 20.3. The smallest absolute Gasteiger partial charge is 0.235 e. The van der Waals surface area contributed by atoms with Crippen molar-refractivity contribution in [1.82, 2.24) is 4.57 Å². The highest BCUT2D eigenvalue weighted by molar-refractivity contribution is 7.93. The zero-order valence-corrected chi connectivity index (χ0v) is 18.2. The molecule has 0 bridgehead atoms. The van der Waals surface area contributed by atoms with Gasteiger partial charge in [-0.25, -0.2) is 8.42 Å². The van der Waals surface area contributed by atoms with Crippen LogP contribution in [0.3, 0.4) is 0 Å². The third kappa shape index (κ3) is 3.41. The van der Waals surface area contributed by atoms with Crippen molar-refractivity contribution in [2.45, 2.75) is 44.4 Å². The lowest BCUT2D eigenvalue weighted by molar-refractivity contribution is 0.324. The first-order valence-electron chi connectivity index (χ1n) is 10.1. The number of nitrogens with zero attached hydrogens (tertiary/aromatic N) is 2. The Labute approximate surface area is 177 Å². The molecule has 1 aromatic heterocycles. The van der Waals surface area contributed by atoms with Gasteiger partial charge in [0.15, 0.2) is 0 Å². The van der Waals surface area contributed by atoms with Gasteiger partial charge < -0.3 is 9.30 Å². The molecule has 1 heterocycles. The van der Waals surface area contributed by atoms with Crippen molar-refractivity contribution in [3.8, 4) is 23.1 Å². The van der Waals surface area contributed by atoms with Crippen molar-refractivity contribution in [3.63, 3.8) is 0 Å². The molecule has 30 heavy (non-hydrogen) atoms. The summed E-state index contributed by atoms with van der Waals surface area (Å²) in [5.74, 6) is 0.717. The van der Waals surface area contributed by atoms with Gasteiger partial charge in [0.25, 0.3) is 0 Å². The number of hydrogen-bond acceptors (Lipinski definition) is 4. The van der Waals surface area contributed by atoms with Gasteiger partial charge in [-0.05, 0) is 69.0 Å². The van der Waals surface area contributed by atoms with E-state index in [1.165, 1.54) is 6.42 Å². The van der Waals surface area contributed by atoms with Crippen LogP contribution in [0.1, 0.15) is 44.7 Å². The minimum absolute atomic E-state index is 0.358. The van der Waals surface area contributed by atoms with Gasteiger partial charge in [0, 0.05) is 17.1 Å². The Balaban J connectivity index is 1.85. The number of methoxy groups -OCH3 is 1. The van der Waals surface area contributed by atoms with Crippen molar-refractivity contribution in [2.24, 2.45) is 0 Å². The van der Waals surface area contributed by atoms with Crippen molar-refractivity contribution < 1.29 is 13.2 Å². The molecule has 1 aliphatic rings. The Morgan fingerprint density at radius 3 is 2.40 bits per heavy atom. The number of hydrogen-bond donors (Lipinski definition) is 1. The number of aromatic nitrogens is 1. The summed E-state index contributed by atoms with van der Waals surface area (Å²) in [4.78, 5) is 0. The molecule has 1 saturated carbocycles. The molecule has 6 nitrogen and oxygen atoms in total. The lowest BCUT2D eigenvalue weighted by Gasteiger charge is -2.30. The van der Waals surface area contributed by atoms with Crippen LogP contribution in [0.5, 0.6) is 5.75 Å². The predicted molar refractivity (Wildman–Crippen MR) is 119 cm³/mol. The molecule has 2 aromatic carbocycles. The summed E-state index contributed by atoms with van der Waals surface area (Å²) < 4.78 is 34.6. The van der Waals surface area contributed by atoms with Crippen LogP contribution < -0.4 is 9.46 Å². The topological polar surface area (TPSA) is 84.1 Å². The van der Waals surface area contributed by atoms with Gasteiger partial charge in [-0.2, -0.15) is 5.26 Å². The van der Waals surface area contributed by atoms with Crippen LogP contribution in [0.15, 0.2) is 42.5 Å². The fourth-order valence-electron chi connectivity index (χ4n) is 3.82. The fraction of sp³-hybridized carbons (Fsp3) is 0.348. The van der Waals surface area contributed by atoms with E-state index in [1.54, 1.807) is 33.1 Å². The van der Waals surface area contributed by atoms with Crippen LogP contribution in [0, 0.1) is 11.3 Å². The molecule has 0 aliphatic heterocycles. The molecule has 1 N–H and O–H groups in total. The summed E-state index contributed by atoms with van der Waals surface area (Å²) in [5.41, 5.74) is 3.92. The van der Waals surface area contributed by atoms with Crippen LogP contribution in [0.2, 0.25) is 0 Å². The number of rotatable bonds is 6. The largest absolute Gasteiger partial charge is 0.497 e. The average molecular weight is 424 g/mol. The zero-order valence-electron chi connectivity index (χ0n) is 17.3. The van der Waals surface area contributed by atoms with Crippen molar-refractivity contribution in [1.29, 1.82) is 5.26 Å². The molecule has 4 rings (SSSR count). The first-order chi connectivity index (χ1) is 14.4. The van der Waals surface area contributed by atoms with E-state index in [9.17, 15) is 13.7 Å². The number of fused-ring (bicyclic) bond motifs is 1. The molecule has 7 heteroatoms. The Morgan fingerprint density at radius 2 is 1.87 bits per heavy atom. The highest BCUT2D eigenvalue weighted by Crippen LogP contribution is 2.43. The SMILES string of the molecule is COc1ccc2c(c1)c(C#N)c(-c1ccc(NS(=O)(=O)C(C)C)cc1)n2C1CCC1. The predicted octanol–water partition coefficient (Wildman–Crippen LogP) is 5.06. The van der Waals surface area contributed by atoms with Gasteiger partial charge in [-0.15, -0.1) is 0 Å². The third-order valence-corrected chi connectivity index (χ3v) is 7.56. The molecule has 1 fully saturated rings. The molecule has 0 spiro atoms. The average Bonchev–Trinajstić information content (AvgIpc) is 3.00. The lowest BCUT2D eigenvalue weighted by atomic mass is 9.92. The molecule has 3 aromatic rings. The van der Waals surface area contributed by atoms with E-state index >= 15 is 0 Å². The molecule has 156 valence electrons. The minimum atomic E-state index is -3.41. The van der Waals surface area contributed by atoms with Crippen LogP contribution in [-0.2, 0) is 10.0 Å². The van der Waals surface area contributed by atoms with E-state index in [-0.39, 0.29) is 0 Å². The molecular weight excluding hydrogens is 398 g/mol. The summed E-state index contributed by atoms with van der Waals surface area (Å²) in [6, 6.07) is 15.9. The maximum atomic E-state index is 12.2. The fourth-order valence-corrected chi connectivity index (χ4v) is 4.52. The highest BCUT2D eigenvalue weighted by atomic mass is 32.2. The summed E-state index contributed by atoms with van der Waals surface area (Å²) in [6.45, 7) is 3.28. The van der Waals surface area contributed by atoms with E-state index in [2.05, 4.69) is 15.4 Å². The lowest BCUT2D eigenvalue weighted by Crippen LogP contribution is -2.22. The van der Waals surface area contributed by atoms with Crippen LogP contribution >= 0.6 is 0 Å². The molecule has 1 aliphatic carbocycles. The van der Waals surface area contributed by atoms with Gasteiger partial charge >= 0.3 is 0 Å². The molecule has 0 saturated heterocycles. The second kappa shape index (κ2) is 7.69. The van der Waals surface area contributed by atoms with Crippen LogP contribution in [0.25, 0.3) is 22.2 Å². The highest BCUT2D eigenvalue weighted by Gasteiger charge is 2.28. The molecule has 0 atom stereocenters. The van der Waals surface area contributed by atoms with Gasteiger partial charge in [0.1, 0.15) is 11.8 Å². The second-order valence-electron chi connectivity index (χ2n) is 7.95. The Bertz CT molecular complexity index is 1230. The first-order valence-corrected chi connectivity index (χ1v) is 11.6. The molecule has 0 radical (unpaired) electrons. The number of sulfonamides is 1. The third-order valence-electron chi connectivity index (χ3n) is 5.80. The number of anilines is 1. The Kier molecular flexibility index (Phi) is 5.20. The number of ether oxygens (including phenoxy) is 1. The monoisotopic (exact) mass is 423 g/mol. The molecule has 0 unspecified atom stereocenters. The van der Waals surface area contributed by atoms with Gasteiger partial charge in [0.05, 0.1) is 29.1 Å². The van der Waals surface area contributed by atoms with Gasteiger partial charge in [-0.3, -0.25) is 4.72 Å². The van der Waals surface area contributed by atoms with Crippen LogP contribution in [-0.4, -0.2) is 25.3 Å². The normalized spacial score (nSPS) is 14.5. The standard InChI is InChI=1S/C23H25N3O3S/c1-15(2)30(27,28)25-17-9-7-16(8-10-17)23-21(14-24)20-13-19(29-3)11-12-22(20)26(23)18-5-4-6-18/h7-13,15,18,25H,4-6H2,1-3H3. The van der Waals surface area contributed by atoms with Gasteiger partial charge in [0.2, 0.25) is 10.0 Å². The second-order valence-corrected chi connectivity index (χ2v) is 10.2. The summed E-state index contributed by atoms with van der Waals surface area (Å²) in [6.07, 6.45) is 3.34. The van der Waals surface area contributed by atoms with E-state index in [0.29, 0.717) is 17.3 Å². The quantitative estimate of drug-likeness (QED) is 0.600. The summed E-state index contributed by atoms with van der Waals surface area (Å²) in [5, 5.41) is 10.4. The maximum Gasteiger partial charge on any atom is 0.235 e. The van der Waals surface area contributed by atoms with Crippen molar-refractivity contribution in [3.05, 3.63) is 48.0 Å². The number of benzene rings is 2. The number of nitriles is 1. The van der Waals surface area contributed by atoms with Crippen molar-refractivity contribution >= 4 is 26.6 Å². The minimum Gasteiger partial charge on any atom is -0.497 e. The maximum absolute atomic E-state index is 12.2. The Hall–Kier alpha value is -2.98. The van der Waals surface area contributed by atoms with Crippen molar-refractivity contribution in [2.75, 3.05) is 11.8 Å². The zero-order chi connectivity index (χ0) is 21.5. The van der Waals surface area contributed by atoms with E-state index < -0.39 is 15.3 Å². The van der Waals surface area contributed by atoms with E-state index in [4.69, 9.17) is 4.74 Å².